The van der Waals surface area contributed by atoms with E-state index >= 15 is 0 Å². The number of amides is 1. The van der Waals surface area contributed by atoms with Gasteiger partial charge in [-0.15, -0.1) is 0 Å². The molecule has 2 aromatic carbocycles. The molecule has 2 aliphatic rings. The summed E-state index contributed by atoms with van der Waals surface area (Å²) in [5.41, 5.74) is -1.08. The van der Waals surface area contributed by atoms with Crippen LogP contribution in [-0.2, 0) is 27.9 Å². The van der Waals surface area contributed by atoms with Crippen molar-refractivity contribution in [3.63, 3.8) is 0 Å². The number of likely N-dealkylation sites (N-methyl/N-ethyl adjacent to an activating group) is 1. The van der Waals surface area contributed by atoms with Gasteiger partial charge in [-0.3, -0.25) is 4.79 Å². The van der Waals surface area contributed by atoms with E-state index < -0.39 is 23.2 Å². The fourth-order valence-electron chi connectivity index (χ4n) is 4.45. The monoisotopic (exact) mass is 530 g/mol. The van der Waals surface area contributed by atoms with Gasteiger partial charge in [-0.05, 0) is 53.4 Å². The zero-order valence-corrected chi connectivity index (χ0v) is 18.9. The van der Waals surface area contributed by atoms with Gasteiger partial charge >= 0.3 is 6.18 Å². The minimum atomic E-state index is -4.60. The first-order valence-electron chi connectivity index (χ1n) is 9.91. The molecule has 0 aromatic heterocycles. The highest BCUT2D eigenvalue weighted by atomic mass is 127. The summed E-state index contributed by atoms with van der Waals surface area (Å²) in [7, 11) is 0. The first-order chi connectivity index (χ1) is 14.2. The van der Waals surface area contributed by atoms with E-state index in [0.717, 1.165) is 24.7 Å². The number of benzene rings is 2. The molecule has 0 aliphatic carbocycles. The van der Waals surface area contributed by atoms with Gasteiger partial charge in [0.1, 0.15) is 0 Å². The van der Waals surface area contributed by atoms with Crippen LogP contribution in [0.25, 0.3) is 0 Å². The Hall–Kier alpha value is -1.65. The fraction of sp³-hybridized carbons (Fsp3) is 0.409. The molecule has 4 nitrogen and oxygen atoms in total. The number of halogens is 4. The van der Waals surface area contributed by atoms with E-state index in [1.807, 2.05) is 36.4 Å². The molecule has 1 amide bonds. The summed E-state index contributed by atoms with van der Waals surface area (Å²) in [6.07, 6.45) is -4.60. The molecule has 0 saturated carbocycles. The van der Waals surface area contributed by atoms with Crippen LogP contribution in [0.2, 0.25) is 0 Å². The van der Waals surface area contributed by atoms with Crippen molar-refractivity contribution >= 4 is 34.2 Å². The summed E-state index contributed by atoms with van der Waals surface area (Å²) in [4.78, 5) is 17.4. The molecule has 4 rings (SSSR count). The van der Waals surface area contributed by atoms with E-state index in [1.54, 1.807) is 30.3 Å². The SMILES string of the molecule is CCN(CC)CCN1C(=O)C2(OCc3ccccc32)c2c1cc(I)cc2C(F)(F)F. The fourth-order valence-corrected chi connectivity index (χ4v) is 5.05. The number of carbonyl (C=O) groups excluding carboxylic acids is 1. The van der Waals surface area contributed by atoms with Crippen molar-refractivity contribution in [1.29, 1.82) is 0 Å². The number of fused-ring (bicyclic) bond motifs is 4. The second-order valence-corrected chi connectivity index (χ2v) is 8.70. The molecular formula is C22H22F3IN2O2. The number of ether oxygens (including phenoxy) is 1. The van der Waals surface area contributed by atoms with Crippen LogP contribution in [0.15, 0.2) is 36.4 Å². The van der Waals surface area contributed by atoms with Crippen LogP contribution in [0.1, 0.15) is 36.1 Å². The first-order valence-corrected chi connectivity index (χ1v) is 11.0. The zero-order valence-electron chi connectivity index (χ0n) is 16.7. The van der Waals surface area contributed by atoms with E-state index in [1.165, 1.54) is 4.90 Å². The number of anilines is 1. The molecule has 1 spiro atoms. The van der Waals surface area contributed by atoms with Crippen LogP contribution in [0.3, 0.4) is 0 Å². The van der Waals surface area contributed by atoms with Crippen molar-refractivity contribution in [3.8, 4) is 0 Å². The average molecular weight is 530 g/mol. The Labute approximate surface area is 187 Å². The van der Waals surface area contributed by atoms with Crippen molar-refractivity contribution in [2.75, 3.05) is 31.1 Å². The van der Waals surface area contributed by atoms with Crippen LogP contribution < -0.4 is 4.90 Å². The van der Waals surface area contributed by atoms with Crippen LogP contribution in [0.5, 0.6) is 0 Å². The number of carbonyl (C=O) groups is 1. The van der Waals surface area contributed by atoms with Crippen LogP contribution in [0, 0.1) is 3.57 Å². The highest BCUT2D eigenvalue weighted by molar-refractivity contribution is 14.1. The highest BCUT2D eigenvalue weighted by Crippen LogP contribution is 2.55. The van der Waals surface area contributed by atoms with Crippen molar-refractivity contribution in [1.82, 2.24) is 4.90 Å². The second kappa shape index (κ2) is 7.80. The van der Waals surface area contributed by atoms with Gasteiger partial charge < -0.3 is 14.5 Å². The minimum Gasteiger partial charge on any atom is -0.351 e. The molecule has 0 radical (unpaired) electrons. The molecule has 1 unspecified atom stereocenters. The number of hydrogen-bond acceptors (Lipinski definition) is 3. The molecule has 0 bridgehead atoms. The van der Waals surface area contributed by atoms with E-state index in [-0.39, 0.29) is 12.2 Å². The van der Waals surface area contributed by atoms with Gasteiger partial charge in [-0.1, -0.05) is 38.1 Å². The van der Waals surface area contributed by atoms with Crippen molar-refractivity contribution < 1.29 is 22.7 Å². The molecular weight excluding hydrogens is 508 g/mol. The molecule has 2 aromatic rings. The van der Waals surface area contributed by atoms with Crippen molar-refractivity contribution in [2.24, 2.45) is 0 Å². The molecule has 8 heteroatoms. The third-order valence-corrected chi connectivity index (χ3v) is 6.57. The van der Waals surface area contributed by atoms with Crippen molar-refractivity contribution in [3.05, 3.63) is 62.2 Å². The van der Waals surface area contributed by atoms with Crippen molar-refractivity contribution in [2.45, 2.75) is 32.2 Å². The Morgan fingerprint density at radius 3 is 2.57 bits per heavy atom. The Morgan fingerprint density at radius 1 is 1.20 bits per heavy atom. The Kier molecular flexibility index (Phi) is 5.61. The van der Waals surface area contributed by atoms with E-state index in [9.17, 15) is 18.0 Å². The average Bonchev–Trinajstić information content (AvgIpc) is 3.20. The van der Waals surface area contributed by atoms with Crippen LogP contribution in [0.4, 0.5) is 18.9 Å². The lowest BCUT2D eigenvalue weighted by Crippen LogP contribution is -2.44. The quantitative estimate of drug-likeness (QED) is 0.523. The third-order valence-electron chi connectivity index (χ3n) is 5.95. The van der Waals surface area contributed by atoms with Gasteiger partial charge in [0.15, 0.2) is 0 Å². The number of hydrogen-bond donors (Lipinski definition) is 0. The predicted molar refractivity (Wildman–Crippen MR) is 116 cm³/mol. The molecule has 1 atom stereocenters. The van der Waals surface area contributed by atoms with E-state index in [0.29, 0.717) is 27.9 Å². The van der Waals surface area contributed by atoms with Gasteiger partial charge in [0.25, 0.3) is 5.91 Å². The Morgan fingerprint density at radius 2 is 1.90 bits per heavy atom. The summed E-state index contributed by atoms with van der Waals surface area (Å²) < 4.78 is 48.7. The summed E-state index contributed by atoms with van der Waals surface area (Å²) >= 11 is 1.87. The summed E-state index contributed by atoms with van der Waals surface area (Å²) in [5, 5.41) is 0. The molecule has 0 saturated heterocycles. The molecule has 0 fully saturated rings. The zero-order chi connectivity index (χ0) is 21.7. The number of rotatable bonds is 5. The lowest BCUT2D eigenvalue weighted by atomic mass is 9.84. The normalized spacial score (nSPS) is 20.4. The Balaban J connectivity index is 1.93. The molecule has 2 heterocycles. The standard InChI is InChI=1S/C22H22F3IN2O2/c1-3-27(4-2)9-10-28-18-12-15(26)11-17(22(23,24)25)19(18)21(20(28)29)16-8-6-5-7-14(16)13-30-21/h5-8,11-12H,3-4,9-10,13H2,1-2H3. The van der Waals surface area contributed by atoms with E-state index in [4.69, 9.17) is 4.74 Å². The summed E-state index contributed by atoms with van der Waals surface area (Å²) in [5.74, 6) is -0.442. The Bertz CT molecular complexity index is 991. The van der Waals surface area contributed by atoms with Gasteiger partial charge in [-0.25, -0.2) is 0 Å². The maximum atomic E-state index is 14.1. The molecule has 0 N–H and O–H groups in total. The van der Waals surface area contributed by atoms with Gasteiger partial charge in [-0.2, -0.15) is 13.2 Å². The lowest BCUT2D eigenvalue weighted by Gasteiger charge is -2.27. The maximum absolute atomic E-state index is 14.1. The van der Waals surface area contributed by atoms with Gasteiger partial charge in [0.2, 0.25) is 5.60 Å². The molecule has 30 heavy (non-hydrogen) atoms. The third kappa shape index (κ3) is 3.23. The lowest BCUT2D eigenvalue weighted by molar-refractivity contribution is -0.144. The summed E-state index contributed by atoms with van der Waals surface area (Å²) in [6.45, 7) is 6.62. The molecule has 2 aliphatic heterocycles. The predicted octanol–water partition coefficient (Wildman–Crippen LogP) is 4.77. The van der Waals surface area contributed by atoms with Crippen LogP contribution in [-0.4, -0.2) is 37.0 Å². The largest absolute Gasteiger partial charge is 0.416 e. The summed E-state index contributed by atoms with van der Waals surface area (Å²) in [6, 6.07) is 9.81. The molecule has 160 valence electrons. The van der Waals surface area contributed by atoms with Gasteiger partial charge in [0.05, 0.1) is 17.9 Å². The number of alkyl halides is 3. The first kappa shape index (κ1) is 21.6. The topological polar surface area (TPSA) is 32.8 Å². The van der Waals surface area contributed by atoms with Gasteiger partial charge in [0, 0.05) is 27.8 Å². The van der Waals surface area contributed by atoms with E-state index in [2.05, 4.69) is 4.90 Å². The highest BCUT2D eigenvalue weighted by Gasteiger charge is 2.60. The number of nitrogens with zero attached hydrogens (tertiary/aromatic N) is 2. The minimum absolute atomic E-state index is 0.0788. The maximum Gasteiger partial charge on any atom is 0.416 e. The smallest absolute Gasteiger partial charge is 0.351 e. The second-order valence-electron chi connectivity index (χ2n) is 7.46. The van der Waals surface area contributed by atoms with Crippen LogP contribution >= 0.6 is 22.6 Å².